The van der Waals surface area contributed by atoms with Crippen LogP contribution in [-0.2, 0) is 0 Å². The van der Waals surface area contributed by atoms with Gasteiger partial charge in [-0.25, -0.2) is 19.6 Å². The number of benzene rings is 1. The number of carbonyl (C=O) groups is 2. The smallest absolute Gasteiger partial charge is 0.346 e. The number of aromatic nitrogens is 2. The van der Waals surface area contributed by atoms with Gasteiger partial charge < -0.3 is 15.5 Å². The molecular weight excluding hydrogens is 354 g/mol. The van der Waals surface area contributed by atoms with Gasteiger partial charge in [0.2, 0.25) is 0 Å². The molecule has 24 heavy (non-hydrogen) atoms. The lowest BCUT2D eigenvalue weighted by molar-refractivity contribution is 0.0688. The van der Waals surface area contributed by atoms with Crippen molar-refractivity contribution in [3.05, 3.63) is 45.6 Å². The zero-order valence-electron chi connectivity index (χ0n) is 12.2. The SMILES string of the molecule is Cc1c(C(=O)O)sc2ncnc(Nc3ccc(Cl)c(C(=O)O)c3)c12. The molecule has 3 rings (SSSR count). The van der Waals surface area contributed by atoms with E-state index in [9.17, 15) is 14.7 Å². The third-order valence-corrected chi connectivity index (χ3v) is 4.90. The molecule has 0 unspecified atom stereocenters. The Bertz CT molecular complexity index is 986. The number of fused-ring (bicyclic) bond motifs is 1. The molecule has 2 aromatic heterocycles. The van der Waals surface area contributed by atoms with Crippen LogP contribution in [0.1, 0.15) is 25.6 Å². The van der Waals surface area contributed by atoms with Crippen molar-refractivity contribution in [1.82, 2.24) is 9.97 Å². The number of halogens is 1. The second-order valence-electron chi connectivity index (χ2n) is 4.89. The molecule has 0 bridgehead atoms. The number of aromatic carboxylic acids is 2. The van der Waals surface area contributed by atoms with E-state index >= 15 is 0 Å². The van der Waals surface area contributed by atoms with Gasteiger partial charge in [-0.15, -0.1) is 11.3 Å². The van der Waals surface area contributed by atoms with Crippen molar-refractivity contribution in [3.8, 4) is 0 Å². The molecule has 0 spiro atoms. The van der Waals surface area contributed by atoms with Gasteiger partial charge in [0.1, 0.15) is 21.9 Å². The highest BCUT2D eigenvalue weighted by Crippen LogP contribution is 2.34. The van der Waals surface area contributed by atoms with E-state index < -0.39 is 11.9 Å². The van der Waals surface area contributed by atoms with E-state index in [1.54, 1.807) is 13.0 Å². The van der Waals surface area contributed by atoms with Gasteiger partial charge in [0.25, 0.3) is 0 Å². The minimum absolute atomic E-state index is 0.0415. The topological polar surface area (TPSA) is 112 Å². The Morgan fingerprint density at radius 3 is 2.62 bits per heavy atom. The first-order chi connectivity index (χ1) is 11.4. The number of rotatable bonds is 4. The van der Waals surface area contributed by atoms with E-state index in [1.165, 1.54) is 18.5 Å². The molecule has 0 saturated carbocycles. The second kappa shape index (κ2) is 6.06. The molecule has 0 atom stereocenters. The number of nitrogens with zero attached hydrogens (tertiary/aromatic N) is 2. The summed E-state index contributed by atoms with van der Waals surface area (Å²) in [7, 11) is 0. The van der Waals surface area contributed by atoms with Gasteiger partial charge in [-0.05, 0) is 30.7 Å². The predicted molar refractivity (Wildman–Crippen MR) is 90.8 cm³/mol. The highest BCUT2D eigenvalue weighted by atomic mass is 35.5. The fourth-order valence-electron chi connectivity index (χ4n) is 2.27. The van der Waals surface area contributed by atoms with Crippen LogP contribution in [0.15, 0.2) is 24.5 Å². The number of anilines is 2. The van der Waals surface area contributed by atoms with Crippen LogP contribution in [0.3, 0.4) is 0 Å². The molecule has 3 aromatic rings. The normalized spacial score (nSPS) is 10.8. The molecule has 2 heterocycles. The Morgan fingerprint density at radius 1 is 1.21 bits per heavy atom. The Labute approximate surface area is 144 Å². The minimum atomic E-state index is -1.14. The van der Waals surface area contributed by atoms with Crippen LogP contribution in [0.2, 0.25) is 5.02 Å². The van der Waals surface area contributed by atoms with Crippen LogP contribution < -0.4 is 5.32 Å². The molecule has 0 fully saturated rings. The fraction of sp³-hybridized carbons (Fsp3) is 0.0667. The van der Waals surface area contributed by atoms with Gasteiger partial charge in [-0.1, -0.05) is 11.6 Å². The molecule has 0 aliphatic carbocycles. The zero-order valence-corrected chi connectivity index (χ0v) is 13.8. The average molecular weight is 364 g/mol. The number of nitrogens with one attached hydrogen (secondary N) is 1. The van der Waals surface area contributed by atoms with Crippen molar-refractivity contribution in [1.29, 1.82) is 0 Å². The van der Waals surface area contributed by atoms with Crippen molar-refractivity contribution in [2.75, 3.05) is 5.32 Å². The van der Waals surface area contributed by atoms with Gasteiger partial charge in [0, 0.05) is 5.69 Å². The average Bonchev–Trinajstić information content (AvgIpc) is 2.87. The lowest BCUT2D eigenvalue weighted by atomic mass is 10.1. The molecular formula is C15H10ClN3O4S. The quantitative estimate of drug-likeness (QED) is 0.646. The highest BCUT2D eigenvalue weighted by molar-refractivity contribution is 7.20. The van der Waals surface area contributed by atoms with Crippen molar-refractivity contribution in [2.45, 2.75) is 6.92 Å². The van der Waals surface area contributed by atoms with Crippen molar-refractivity contribution in [3.63, 3.8) is 0 Å². The summed E-state index contributed by atoms with van der Waals surface area (Å²) in [6.07, 6.45) is 1.32. The van der Waals surface area contributed by atoms with Gasteiger partial charge in [0.05, 0.1) is 16.0 Å². The molecule has 0 saturated heterocycles. The summed E-state index contributed by atoms with van der Waals surface area (Å²) >= 11 is 6.92. The number of aryl methyl sites for hydroxylation is 1. The lowest BCUT2D eigenvalue weighted by Gasteiger charge is -2.09. The first kappa shape index (κ1) is 16.2. The molecule has 7 nitrogen and oxygen atoms in total. The first-order valence-corrected chi connectivity index (χ1v) is 7.85. The molecule has 1 aromatic carbocycles. The van der Waals surface area contributed by atoms with Gasteiger partial charge >= 0.3 is 11.9 Å². The van der Waals surface area contributed by atoms with Gasteiger partial charge in [0.15, 0.2) is 0 Å². The third-order valence-electron chi connectivity index (χ3n) is 3.38. The Balaban J connectivity index is 2.09. The summed E-state index contributed by atoms with van der Waals surface area (Å²) in [5, 5.41) is 22.1. The van der Waals surface area contributed by atoms with Crippen molar-refractivity contribution < 1.29 is 19.8 Å². The number of thiophene rings is 1. The Hall–Kier alpha value is -2.71. The van der Waals surface area contributed by atoms with Crippen molar-refractivity contribution >= 4 is 56.6 Å². The molecule has 9 heteroatoms. The standard InChI is InChI=1S/C15H10ClN3O4S/c1-6-10-12(17-5-18-13(10)24-11(6)15(22)23)19-7-2-3-9(16)8(4-7)14(20)21/h2-5H,1H3,(H,20,21)(H,22,23)(H,17,18,19). The van der Waals surface area contributed by atoms with Gasteiger partial charge in [-0.2, -0.15) is 0 Å². The van der Waals surface area contributed by atoms with Crippen LogP contribution >= 0.6 is 22.9 Å². The molecule has 0 aliphatic heterocycles. The van der Waals surface area contributed by atoms with E-state index in [0.717, 1.165) is 11.3 Å². The van der Waals surface area contributed by atoms with Crippen LogP contribution in [0.4, 0.5) is 11.5 Å². The summed E-state index contributed by atoms with van der Waals surface area (Å²) in [5.41, 5.74) is 0.984. The maximum atomic E-state index is 11.3. The number of hydrogen-bond acceptors (Lipinski definition) is 6. The van der Waals surface area contributed by atoms with E-state index in [1.807, 2.05) is 0 Å². The van der Waals surface area contributed by atoms with Gasteiger partial charge in [-0.3, -0.25) is 0 Å². The Morgan fingerprint density at radius 2 is 1.96 bits per heavy atom. The summed E-state index contributed by atoms with van der Waals surface area (Å²) in [6.45, 7) is 1.68. The number of hydrogen-bond donors (Lipinski definition) is 3. The van der Waals surface area contributed by atoms with Crippen LogP contribution in [0.5, 0.6) is 0 Å². The molecule has 0 amide bonds. The maximum Gasteiger partial charge on any atom is 0.346 e. The highest BCUT2D eigenvalue weighted by Gasteiger charge is 2.19. The lowest BCUT2D eigenvalue weighted by Crippen LogP contribution is -2.01. The van der Waals surface area contributed by atoms with Crippen LogP contribution in [0, 0.1) is 6.92 Å². The number of carboxylic acids is 2. The van der Waals surface area contributed by atoms with Crippen molar-refractivity contribution in [2.24, 2.45) is 0 Å². The molecule has 122 valence electrons. The summed E-state index contributed by atoms with van der Waals surface area (Å²) in [4.78, 5) is 31.4. The first-order valence-electron chi connectivity index (χ1n) is 6.65. The fourth-order valence-corrected chi connectivity index (χ4v) is 3.46. The Kier molecular flexibility index (Phi) is 4.08. The predicted octanol–water partition coefficient (Wildman–Crippen LogP) is 3.79. The number of carboxylic acid groups (broad SMARTS) is 2. The molecule has 0 aliphatic rings. The zero-order chi connectivity index (χ0) is 17.4. The third kappa shape index (κ3) is 2.77. The summed E-state index contributed by atoms with van der Waals surface area (Å²) in [5.74, 6) is -1.77. The largest absolute Gasteiger partial charge is 0.478 e. The van der Waals surface area contributed by atoms with Crippen LogP contribution in [0.25, 0.3) is 10.2 Å². The summed E-state index contributed by atoms with van der Waals surface area (Å²) in [6, 6.07) is 4.47. The summed E-state index contributed by atoms with van der Waals surface area (Å²) < 4.78 is 0. The van der Waals surface area contributed by atoms with E-state index in [2.05, 4.69) is 15.3 Å². The van der Waals surface area contributed by atoms with Crippen LogP contribution in [-0.4, -0.2) is 32.1 Å². The van der Waals surface area contributed by atoms with E-state index in [4.69, 9.17) is 16.7 Å². The van der Waals surface area contributed by atoms with E-state index in [-0.39, 0.29) is 15.5 Å². The maximum absolute atomic E-state index is 11.3. The minimum Gasteiger partial charge on any atom is -0.478 e. The van der Waals surface area contributed by atoms with E-state index in [0.29, 0.717) is 27.3 Å². The molecule has 3 N–H and O–H groups in total. The molecule has 0 radical (unpaired) electrons. The monoisotopic (exact) mass is 363 g/mol. The second-order valence-corrected chi connectivity index (χ2v) is 6.29.